The Labute approximate surface area is 156 Å². The molecular formula is C22H28N2O2. The Bertz CT molecular complexity index is 713. The maximum absolute atomic E-state index is 12.8. The molecule has 0 atom stereocenters. The third kappa shape index (κ3) is 6.71. The molecule has 0 unspecified atom stereocenters. The number of amides is 2. The van der Waals surface area contributed by atoms with E-state index in [1.165, 1.54) is 0 Å². The molecular weight excluding hydrogens is 324 g/mol. The number of nitrogens with zero attached hydrogens (tertiary/aromatic N) is 1. The van der Waals surface area contributed by atoms with Gasteiger partial charge in [0.1, 0.15) is 0 Å². The minimum absolute atomic E-state index is 0.0386. The van der Waals surface area contributed by atoms with E-state index in [1.54, 1.807) is 4.90 Å². The zero-order valence-electron chi connectivity index (χ0n) is 15.7. The molecule has 2 rings (SSSR count). The quantitative estimate of drug-likeness (QED) is 0.703. The van der Waals surface area contributed by atoms with Crippen LogP contribution < -0.4 is 5.32 Å². The number of benzene rings is 2. The molecule has 1 N–H and O–H groups in total. The van der Waals surface area contributed by atoms with Crippen molar-refractivity contribution >= 4 is 11.8 Å². The standard InChI is InChI=1S/C22H28N2O2/c1-3-4-13-23-21(25)17-24(16-20-12-8-9-18(2)14-20)22(26)15-19-10-6-5-7-11-19/h5-12,14H,3-4,13,15-17H2,1-2H3,(H,23,25). The fourth-order valence-electron chi connectivity index (χ4n) is 2.78. The summed E-state index contributed by atoms with van der Waals surface area (Å²) in [5, 5.41) is 2.90. The van der Waals surface area contributed by atoms with Crippen molar-refractivity contribution in [1.82, 2.24) is 10.2 Å². The van der Waals surface area contributed by atoms with Gasteiger partial charge in [0, 0.05) is 13.1 Å². The van der Waals surface area contributed by atoms with Crippen LogP contribution in [0.4, 0.5) is 0 Å². The average molecular weight is 352 g/mol. The summed E-state index contributed by atoms with van der Waals surface area (Å²) >= 11 is 0. The second-order valence-electron chi connectivity index (χ2n) is 6.60. The van der Waals surface area contributed by atoms with Gasteiger partial charge < -0.3 is 10.2 Å². The number of nitrogens with one attached hydrogen (secondary N) is 1. The molecule has 0 bridgehead atoms. The molecule has 2 aromatic rings. The smallest absolute Gasteiger partial charge is 0.239 e. The van der Waals surface area contributed by atoms with Crippen LogP contribution in [0.1, 0.15) is 36.5 Å². The van der Waals surface area contributed by atoms with Crippen molar-refractivity contribution in [3.63, 3.8) is 0 Å². The summed E-state index contributed by atoms with van der Waals surface area (Å²) in [5.74, 6) is -0.143. The van der Waals surface area contributed by atoms with Crippen LogP contribution in [0.2, 0.25) is 0 Å². The van der Waals surface area contributed by atoms with Gasteiger partial charge in [-0.1, -0.05) is 73.5 Å². The predicted octanol–water partition coefficient (Wildman–Crippen LogP) is 3.48. The first-order chi connectivity index (χ1) is 12.6. The van der Waals surface area contributed by atoms with Gasteiger partial charge in [0.05, 0.1) is 13.0 Å². The zero-order valence-corrected chi connectivity index (χ0v) is 15.7. The van der Waals surface area contributed by atoms with Crippen molar-refractivity contribution in [2.75, 3.05) is 13.1 Å². The van der Waals surface area contributed by atoms with Crippen molar-refractivity contribution in [1.29, 1.82) is 0 Å². The first-order valence-electron chi connectivity index (χ1n) is 9.22. The minimum atomic E-state index is -0.104. The van der Waals surface area contributed by atoms with Gasteiger partial charge in [-0.2, -0.15) is 0 Å². The SMILES string of the molecule is CCCCNC(=O)CN(Cc1cccc(C)c1)C(=O)Cc1ccccc1. The molecule has 0 saturated heterocycles. The number of hydrogen-bond acceptors (Lipinski definition) is 2. The monoisotopic (exact) mass is 352 g/mol. The third-order valence-corrected chi connectivity index (χ3v) is 4.19. The first kappa shape index (κ1) is 19.7. The summed E-state index contributed by atoms with van der Waals surface area (Å²) in [7, 11) is 0. The van der Waals surface area contributed by atoms with E-state index in [2.05, 4.69) is 18.3 Å². The molecule has 0 aliphatic heterocycles. The molecule has 138 valence electrons. The molecule has 0 heterocycles. The highest BCUT2D eigenvalue weighted by Crippen LogP contribution is 2.10. The number of carbonyl (C=O) groups excluding carboxylic acids is 2. The highest BCUT2D eigenvalue weighted by molar-refractivity contribution is 5.85. The highest BCUT2D eigenvalue weighted by atomic mass is 16.2. The molecule has 0 aliphatic rings. The van der Waals surface area contributed by atoms with E-state index in [0.29, 0.717) is 19.5 Å². The Kier molecular flexibility index (Phi) is 7.87. The predicted molar refractivity (Wildman–Crippen MR) is 105 cm³/mol. The van der Waals surface area contributed by atoms with Gasteiger partial charge in [-0.05, 0) is 24.5 Å². The highest BCUT2D eigenvalue weighted by Gasteiger charge is 2.18. The lowest BCUT2D eigenvalue weighted by Gasteiger charge is -2.23. The van der Waals surface area contributed by atoms with E-state index in [4.69, 9.17) is 0 Å². The second-order valence-corrected chi connectivity index (χ2v) is 6.60. The molecule has 4 heteroatoms. The number of rotatable bonds is 9. The lowest BCUT2D eigenvalue weighted by Crippen LogP contribution is -2.41. The van der Waals surface area contributed by atoms with Crippen LogP contribution in [0, 0.1) is 6.92 Å². The van der Waals surface area contributed by atoms with Gasteiger partial charge in [-0.15, -0.1) is 0 Å². The normalized spacial score (nSPS) is 10.4. The van der Waals surface area contributed by atoms with Gasteiger partial charge in [-0.25, -0.2) is 0 Å². The van der Waals surface area contributed by atoms with Crippen LogP contribution in [0.5, 0.6) is 0 Å². The molecule has 0 radical (unpaired) electrons. The Morgan fingerprint density at radius 1 is 1.00 bits per heavy atom. The van der Waals surface area contributed by atoms with Crippen molar-refractivity contribution in [2.45, 2.75) is 39.7 Å². The largest absolute Gasteiger partial charge is 0.355 e. The molecule has 26 heavy (non-hydrogen) atoms. The van der Waals surface area contributed by atoms with Gasteiger partial charge in [-0.3, -0.25) is 9.59 Å². The Balaban J connectivity index is 2.06. The van der Waals surface area contributed by atoms with E-state index < -0.39 is 0 Å². The lowest BCUT2D eigenvalue weighted by molar-refractivity contribution is -0.136. The molecule has 2 amide bonds. The number of carbonyl (C=O) groups is 2. The molecule has 2 aromatic carbocycles. The van der Waals surface area contributed by atoms with Crippen LogP contribution >= 0.6 is 0 Å². The van der Waals surface area contributed by atoms with Crippen molar-refractivity contribution in [2.24, 2.45) is 0 Å². The molecule has 0 aliphatic carbocycles. The van der Waals surface area contributed by atoms with Crippen molar-refractivity contribution in [3.8, 4) is 0 Å². The third-order valence-electron chi connectivity index (χ3n) is 4.19. The summed E-state index contributed by atoms with van der Waals surface area (Å²) in [6.45, 7) is 5.29. The Morgan fingerprint density at radius 3 is 2.42 bits per heavy atom. The van der Waals surface area contributed by atoms with E-state index in [-0.39, 0.29) is 18.4 Å². The summed E-state index contributed by atoms with van der Waals surface area (Å²) in [4.78, 5) is 26.7. The first-order valence-corrected chi connectivity index (χ1v) is 9.22. The summed E-state index contributed by atoms with van der Waals surface area (Å²) in [5.41, 5.74) is 3.14. The van der Waals surface area contributed by atoms with Gasteiger partial charge in [0.2, 0.25) is 11.8 Å². The molecule has 0 spiro atoms. The van der Waals surface area contributed by atoms with Gasteiger partial charge in [0.15, 0.2) is 0 Å². The van der Waals surface area contributed by atoms with Gasteiger partial charge >= 0.3 is 0 Å². The number of unbranched alkanes of at least 4 members (excludes halogenated alkanes) is 1. The molecule has 0 fully saturated rings. The molecule has 4 nitrogen and oxygen atoms in total. The maximum Gasteiger partial charge on any atom is 0.239 e. The second kappa shape index (κ2) is 10.4. The van der Waals surface area contributed by atoms with Gasteiger partial charge in [0.25, 0.3) is 0 Å². The number of hydrogen-bond donors (Lipinski definition) is 1. The summed E-state index contributed by atoms with van der Waals surface area (Å²) in [6, 6.07) is 17.7. The Morgan fingerprint density at radius 2 is 1.73 bits per heavy atom. The van der Waals surface area contributed by atoms with E-state index in [0.717, 1.165) is 29.5 Å². The van der Waals surface area contributed by atoms with Crippen molar-refractivity contribution < 1.29 is 9.59 Å². The number of aryl methyl sites for hydroxylation is 1. The van der Waals surface area contributed by atoms with Crippen LogP contribution in [0.3, 0.4) is 0 Å². The molecule has 0 aromatic heterocycles. The van der Waals surface area contributed by atoms with Crippen LogP contribution in [-0.2, 0) is 22.6 Å². The summed E-state index contributed by atoms with van der Waals surface area (Å²) in [6.07, 6.45) is 2.27. The minimum Gasteiger partial charge on any atom is -0.355 e. The average Bonchev–Trinajstić information content (AvgIpc) is 2.62. The Hall–Kier alpha value is -2.62. The summed E-state index contributed by atoms with van der Waals surface area (Å²) < 4.78 is 0. The maximum atomic E-state index is 12.8. The topological polar surface area (TPSA) is 49.4 Å². The lowest BCUT2D eigenvalue weighted by atomic mass is 10.1. The van der Waals surface area contributed by atoms with Crippen LogP contribution in [0.15, 0.2) is 54.6 Å². The fraction of sp³-hybridized carbons (Fsp3) is 0.364. The van der Waals surface area contributed by atoms with Crippen molar-refractivity contribution in [3.05, 3.63) is 71.3 Å². The van der Waals surface area contributed by atoms with Crippen LogP contribution in [-0.4, -0.2) is 29.8 Å². The van der Waals surface area contributed by atoms with Crippen LogP contribution in [0.25, 0.3) is 0 Å². The van der Waals surface area contributed by atoms with E-state index >= 15 is 0 Å². The fourth-order valence-corrected chi connectivity index (χ4v) is 2.78. The van der Waals surface area contributed by atoms with E-state index in [1.807, 2.05) is 55.5 Å². The van der Waals surface area contributed by atoms with E-state index in [9.17, 15) is 9.59 Å². The molecule has 0 saturated carbocycles. The zero-order chi connectivity index (χ0) is 18.8.